The Morgan fingerprint density at radius 2 is 1.76 bits per heavy atom. The minimum Gasteiger partial charge on any atom is -0.424 e. The van der Waals surface area contributed by atoms with Crippen molar-refractivity contribution in [2.45, 2.75) is 39.5 Å². The molecule has 8 heteroatoms. The summed E-state index contributed by atoms with van der Waals surface area (Å²) in [4.78, 5) is 12.2. The lowest BCUT2D eigenvalue weighted by Gasteiger charge is -2.21. The summed E-state index contributed by atoms with van der Waals surface area (Å²) in [6.45, 7) is 1.66. The molecule has 0 unspecified atom stereocenters. The van der Waals surface area contributed by atoms with E-state index >= 15 is 0 Å². The van der Waals surface area contributed by atoms with E-state index in [1.54, 1.807) is 6.07 Å². The molecule has 1 aromatic carbocycles. The van der Waals surface area contributed by atoms with E-state index in [2.05, 4.69) is 0 Å². The van der Waals surface area contributed by atoms with Crippen molar-refractivity contribution in [3.8, 4) is 5.75 Å². The van der Waals surface area contributed by atoms with E-state index in [1.807, 2.05) is 26.0 Å². The molecule has 0 saturated carbocycles. The van der Waals surface area contributed by atoms with Crippen molar-refractivity contribution < 1.29 is 18.0 Å². The Kier molecular flexibility index (Phi) is 6.99. The maximum absolute atomic E-state index is 12.2. The molecule has 0 fully saturated rings. The maximum Gasteiger partial charge on any atom is 0.380 e. The molecule has 0 aliphatic heterocycles. The van der Waals surface area contributed by atoms with E-state index in [4.69, 9.17) is 29.8 Å². The second-order valence-electron chi connectivity index (χ2n) is 5.59. The zero-order chi connectivity index (χ0) is 17.2. The summed E-state index contributed by atoms with van der Waals surface area (Å²) < 4.78 is 22.3. The van der Waals surface area contributed by atoms with E-state index in [-0.39, 0.29) is 16.6 Å². The highest BCUT2D eigenvalue weighted by Gasteiger charge is 2.23. The summed E-state index contributed by atoms with van der Waals surface area (Å²) in [7, 11) is 0. The lowest BCUT2D eigenvalue weighted by molar-refractivity contribution is 0.218. The predicted octanol–water partition coefficient (Wildman–Crippen LogP) is 2.90. The quantitative estimate of drug-likeness (QED) is 0.422. The Morgan fingerprint density at radius 1 is 1.12 bits per heavy atom. The molecule has 0 N–H and O–H groups in total. The Hall–Kier alpha value is -0.983. The number of hydrogen-bond acceptors (Lipinski definition) is 6. The number of fused-ring (bicyclic) bond motifs is 3. The molecule has 0 spiro atoms. The van der Waals surface area contributed by atoms with Gasteiger partial charge in [-0.2, -0.15) is 0 Å². The first-order valence-electron chi connectivity index (χ1n) is 8.23. The summed E-state index contributed by atoms with van der Waals surface area (Å²) in [5.74, 6) is 0.492. The highest BCUT2D eigenvalue weighted by Crippen LogP contribution is 2.50. The third kappa shape index (κ3) is 4.41. The minimum atomic E-state index is -2.84. The monoisotopic (exact) mass is 400 g/mol. The van der Waals surface area contributed by atoms with Crippen molar-refractivity contribution in [2.24, 2.45) is 0 Å². The standard InChI is InChI=1S/C17H21O5PS.H4Si/c1-3-19-23(24,20-4-2)22-12-9-10-14-13-7-5-6-8-15(13)17(18)21-16(14)11-12;/h9-11H,3-8H2,1-2H3;1H4. The van der Waals surface area contributed by atoms with Gasteiger partial charge in [0.15, 0.2) is 0 Å². The first-order valence-corrected chi connectivity index (χ1v) is 10.8. The average Bonchev–Trinajstić information content (AvgIpc) is 2.55. The number of aryl methyl sites for hydroxylation is 1. The van der Waals surface area contributed by atoms with Gasteiger partial charge in [0.05, 0.1) is 13.2 Å². The molecule has 1 aliphatic carbocycles. The zero-order valence-electron chi connectivity index (χ0n) is 13.9. The van der Waals surface area contributed by atoms with Crippen LogP contribution in [0.5, 0.6) is 5.75 Å². The van der Waals surface area contributed by atoms with E-state index < -0.39 is 6.72 Å². The molecule has 1 aromatic heterocycles. The van der Waals surface area contributed by atoms with Gasteiger partial charge in [0, 0.05) is 28.8 Å². The molecule has 138 valence electrons. The summed E-state index contributed by atoms with van der Waals surface area (Å²) in [5.41, 5.74) is 2.19. The van der Waals surface area contributed by atoms with Crippen molar-refractivity contribution in [3.05, 3.63) is 39.7 Å². The van der Waals surface area contributed by atoms with Crippen molar-refractivity contribution in [2.75, 3.05) is 13.2 Å². The smallest absolute Gasteiger partial charge is 0.380 e. The normalized spacial score (nSPS) is 14.0. The summed E-state index contributed by atoms with van der Waals surface area (Å²) in [6.07, 6.45) is 3.84. The average molecular weight is 401 g/mol. The molecule has 0 bridgehead atoms. The van der Waals surface area contributed by atoms with Crippen LogP contribution >= 0.6 is 6.72 Å². The summed E-state index contributed by atoms with van der Waals surface area (Å²) in [5, 5.41) is 0.970. The highest BCUT2D eigenvalue weighted by atomic mass is 32.5. The first-order chi connectivity index (χ1) is 11.6. The van der Waals surface area contributed by atoms with Gasteiger partial charge in [0.2, 0.25) is 0 Å². The largest absolute Gasteiger partial charge is 0.424 e. The van der Waals surface area contributed by atoms with Crippen LogP contribution in [0.2, 0.25) is 0 Å². The Balaban J connectivity index is 0.00000225. The molecule has 2 aromatic rings. The molecule has 25 heavy (non-hydrogen) atoms. The van der Waals surface area contributed by atoms with Crippen molar-refractivity contribution in [1.29, 1.82) is 0 Å². The van der Waals surface area contributed by atoms with Crippen LogP contribution in [0, 0.1) is 0 Å². The van der Waals surface area contributed by atoms with Gasteiger partial charge in [-0.25, -0.2) is 4.79 Å². The van der Waals surface area contributed by atoms with Crippen LogP contribution in [0.1, 0.15) is 37.8 Å². The lowest BCUT2D eigenvalue weighted by Crippen LogP contribution is -2.15. The maximum atomic E-state index is 12.2. The second-order valence-corrected chi connectivity index (χ2v) is 8.52. The van der Waals surface area contributed by atoms with Gasteiger partial charge < -0.3 is 8.94 Å². The minimum absolute atomic E-state index is 0. The number of benzene rings is 1. The molecule has 0 amide bonds. The summed E-state index contributed by atoms with van der Waals surface area (Å²) in [6, 6.07) is 5.45. The molecule has 0 saturated heterocycles. The molecule has 5 nitrogen and oxygen atoms in total. The van der Waals surface area contributed by atoms with Crippen LogP contribution in [-0.2, 0) is 33.7 Å². The van der Waals surface area contributed by atoms with E-state index in [9.17, 15) is 4.79 Å². The highest BCUT2D eigenvalue weighted by molar-refractivity contribution is 8.07. The molecular weight excluding hydrogens is 375 g/mol. The molecule has 0 atom stereocenters. The van der Waals surface area contributed by atoms with Crippen LogP contribution in [0.3, 0.4) is 0 Å². The van der Waals surface area contributed by atoms with E-state index in [0.29, 0.717) is 24.5 Å². The van der Waals surface area contributed by atoms with Crippen LogP contribution < -0.4 is 10.1 Å². The molecule has 0 radical (unpaired) electrons. The van der Waals surface area contributed by atoms with Gasteiger partial charge in [0.1, 0.15) is 11.3 Å². The molecule has 3 rings (SSSR count). The first kappa shape index (κ1) is 20.3. The Bertz CT molecular complexity index is 841. The van der Waals surface area contributed by atoms with Crippen molar-refractivity contribution in [3.63, 3.8) is 0 Å². The lowest BCUT2D eigenvalue weighted by atomic mass is 9.91. The number of hydrogen-bond donors (Lipinski definition) is 0. The molecule has 1 heterocycles. The second kappa shape index (κ2) is 8.60. The van der Waals surface area contributed by atoms with Gasteiger partial charge in [0.25, 0.3) is 0 Å². The molecular formula is C17H25O5PSSi. The Labute approximate surface area is 156 Å². The molecule has 1 aliphatic rings. The van der Waals surface area contributed by atoms with Crippen LogP contribution in [-0.4, -0.2) is 24.2 Å². The SMILES string of the molecule is CCOP(=S)(OCC)Oc1ccc2c3c(c(=O)oc2c1)CCCC3.[SiH4]. The van der Waals surface area contributed by atoms with Gasteiger partial charge >= 0.3 is 12.3 Å². The van der Waals surface area contributed by atoms with Crippen LogP contribution in [0.15, 0.2) is 27.4 Å². The van der Waals surface area contributed by atoms with Crippen LogP contribution in [0.25, 0.3) is 11.0 Å². The zero-order valence-corrected chi connectivity index (χ0v) is 15.6. The van der Waals surface area contributed by atoms with Gasteiger partial charge in [-0.15, -0.1) is 0 Å². The van der Waals surface area contributed by atoms with Gasteiger partial charge in [-0.3, -0.25) is 9.05 Å². The van der Waals surface area contributed by atoms with Crippen LogP contribution in [0.4, 0.5) is 0 Å². The third-order valence-corrected chi connectivity index (χ3v) is 6.43. The topological polar surface area (TPSA) is 57.9 Å². The van der Waals surface area contributed by atoms with E-state index in [1.165, 1.54) is 0 Å². The fraction of sp³-hybridized carbons (Fsp3) is 0.471. The third-order valence-electron chi connectivity index (χ3n) is 3.99. The van der Waals surface area contributed by atoms with Crippen molar-refractivity contribution in [1.82, 2.24) is 0 Å². The predicted molar refractivity (Wildman–Crippen MR) is 109 cm³/mol. The van der Waals surface area contributed by atoms with Crippen molar-refractivity contribution >= 4 is 40.5 Å². The van der Waals surface area contributed by atoms with E-state index in [0.717, 1.165) is 42.2 Å². The fourth-order valence-corrected chi connectivity index (χ4v) is 5.09. The number of rotatable bonds is 6. The summed E-state index contributed by atoms with van der Waals surface area (Å²) >= 11 is 5.38. The van der Waals surface area contributed by atoms with Gasteiger partial charge in [-0.1, -0.05) is 0 Å². The Morgan fingerprint density at radius 3 is 2.40 bits per heavy atom. The fourth-order valence-electron chi connectivity index (χ4n) is 3.02. The van der Waals surface area contributed by atoms with Gasteiger partial charge in [-0.05, 0) is 68.2 Å².